The van der Waals surface area contributed by atoms with E-state index in [1.807, 2.05) is 12.1 Å². The van der Waals surface area contributed by atoms with Gasteiger partial charge in [-0.25, -0.2) is 14.2 Å². The summed E-state index contributed by atoms with van der Waals surface area (Å²) in [7, 11) is 1.57. The van der Waals surface area contributed by atoms with Crippen LogP contribution < -0.4 is 4.74 Å². The molecule has 170 valence electrons. The Morgan fingerprint density at radius 2 is 1.70 bits per heavy atom. The zero-order chi connectivity index (χ0) is 23.6. The fraction of sp³-hybridized carbons (Fsp3) is 0.182. The second kappa shape index (κ2) is 8.77. The zero-order valence-corrected chi connectivity index (χ0v) is 17.6. The van der Waals surface area contributed by atoms with E-state index >= 15 is 0 Å². The number of rotatable bonds is 6. The first-order valence-electron chi connectivity index (χ1n) is 9.81. The monoisotopic (exact) mass is 457 g/mol. The summed E-state index contributed by atoms with van der Waals surface area (Å²) in [6.07, 6.45) is -2.25. The second-order valence-electron chi connectivity index (χ2n) is 6.83. The van der Waals surface area contributed by atoms with Crippen LogP contribution in [0, 0.1) is 0 Å². The molecule has 0 amide bonds. The average Bonchev–Trinajstić information content (AvgIpc) is 3.47. The molecule has 2 aromatic heterocycles. The number of methoxy groups -OCH3 is 1. The average molecular weight is 457 g/mol. The third-order valence-corrected chi connectivity index (χ3v) is 4.77. The molecule has 2 heterocycles. The lowest BCUT2D eigenvalue weighted by Crippen LogP contribution is -2.18. The Bertz CT molecular complexity index is 1260. The summed E-state index contributed by atoms with van der Waals surface area (Å²) in [6.45, 7) is 1.46. The van der Waals surface area contributed by atoms with E-state index < -0.39 is 23.4 Å². The maximum Gasteiger partial charge on any atom is 0.434 e. The fourth-order valence-electron chi connectivity index (χ4n) is 3.21. The summed E-state index contributed by atoms with van der Waals surface area (Å²) in [4.78, 5) is 12.0. The Balaban J connectivity index is 1.63. The van der Waals surface area contributed by atoms with Crippen LogP contribution in [0.1, 0.15) is 23.0 Å². The fourth-order valence-corrected chi connectivity index (χ4v) is 3.21. The molecule has 0 fully saturated rings. The topological polar surface area (TPSA) is 84.1 Å². The quantitative estimate of drug-likeness (QED) is 0.401. The minimum absolute atomic E-state index is 0.0484. The number of esters is 1. The molecule has 0 atom stereocenters. The summed E-state index contributed by atoms with van der Waals surface area (Å²) in [5.41, 5.74) is 0.231. The highest BCUT2D eigenvalue weighted by Crippen LogP contribution is 2.34. The van der Waals surface area contributed by atoms with E-state index in [0.29, 0.717) is 21.7 Å². The van der Waals surface area contributed by atoms with Crippen LogP contribution in [0.5, 0.6) is 5.75 Å². The highest BCUT2D eigenvalue weighted by molar-refractivity contribution is 5.90. The number of alkyl halides is 3. The van der Waals surface area contributed by atoms with Gasteiger partial charge >= 0.3 is 12.1 Å². The number of aromatic nitrogens is 5. The van der Waals surface area contributed by atoms with Crippen LogP contribution in [0.2, 0.25) is 0 Å². The third-order valence-electron chi connectivity index (χ3n) is 4.77. The molecule has 4 rings (SSSR count). The van der Waals surface area contributed by atoms with Crippen molar-refractivity contribution in [3.05, 3.63) is 72.2 Å². The summed E-state index contributed by atoms with van der Waals surface area (Å²) in [5, 5.41) is 12.0. The number of nitrogens with zero attached hydrogens (tertiary/aromatic N) is 5. The van der Waals surface area contributed by atoms with Gasteiger partial charge in [-0.05, 0) is 43.3 Å². The van der Waals surface area contributed by atoms with Crippen LogP contribution in [0.3, 0.4) is 0 Å². The van der Waals surface area contributed by atoms with Gasteiger partial charge in [0, 0.05) is 5.56 Å². The lowest BCUT2D eigenvalue weighted by Gasteiger charge is -2.12. The SMILES string of the molecule is CCOC(=O)c1cnn(-c2ccc(-c3cn(-c4ccc(OC)cc4)nn3)cc2)c1C(F)(F)F. The van der Waals surface area contributed by atoms with Crippen molar-refractivity contribution in [2.75, 3.05) is 13.7 Å². The van der Waals surface area contributed by atoms with Crippen LogP contribution in [0.4, 0.5) is 13.2 Å². The maximum atomic E-state index is 13.7. The van der Waals surface area contributed by atoms with Gasteiger partial charge in [0.25, 0.3) is 0 Å². The van der Waals surface area contributed by atoms with Crippen molar-refractivity contribution in [1.29, 1.82) is 0 Å². The molecule has 0 unspecified atom stereocenters. The zero-order valence-electron chi connectivity index (χ0n) is 17.6. The number of carbonyl (C=O) groups is 1. The van der Waals surface area contributed by atoms with Crippen molar-refractivity contribution in [3.8, 4) is 28.4 Å². The Hall–Kier alpha value is -4.15. The first-order valence-corrected chi connectivity index (χ1v) is 9.81. The molecule has 0 saturated carbocycles. The molecular formula is C22H18F3N5O3. The van der Waals surface area contributed by atoms with Gasteiger partial charge in [0.15, 0.2) is 5.69 Å². The van der Waals surface area contributed by atoms with Gasteiger partial charge < -0.3 is 9.47 Å². The van der Waals surface area contributed by atoms with Crippen molar-refractivity contribution in [2.45, 2.75) is 13.1 Å². The number of hydrogen-bond acceptors (Lipinski definition) is 6. The maximum absolute atomic E-state index is 13.7. The number of carbonyl (C=O) groups excluding carboxylic acids is 1. The van der Waals surface area contributed by atoms with E-state index in [1.165, 1.54) is 19.1 Å². The molecule has 11 heteroatoms. The van der Waals surface area contributed by atoms with Gasteiger partial charge in [0.05, 0.1) is 37.5 Å². The standard InChI is InChI=1S/C22H18F3N5O3/c1-3-33-21(31)18-12-26-30(20(18)22(23,24)25)16-6-4-14(5-7-16)19-13-29(28-27-19)15-8-10-17(32-2)11-9-15/h4-13H,3H2,1-2H3. The lowest BCUT2D eigenvalue weighted by molar-refractivity contribution is -0.143. The van der Waals surface area contributed by atoms with Gasteiger partial charge in [0.2, 0.25) is 0 Å². The highest BCUT2D eigenvalue weighted by atomic mass is 19.4. The minimum Gasteiger partial charge on any atom is -0.497 e. The van der Waals surface area contributed by atoms with E-state index in [2.05, 4.69) is 15.4 Å². The third kappa shape index (κ3) is 4.43. The molecular weight excluding hydrogens is 439 g/mol. The molecule has 0 saturated heterocycles. The van der Waals surface area contributed by atoms with Crippen LogP contribution in [0.15, 0.2) is 60.9 Å². The Labute approximate surface area is 186 Å². The molecule has 0 aliphatic carbocycles. The predicted molar refractivity (Wildman–Crippen MR) is 111 cm³/mol. The van der Waals surface area contributed by atoms with Crippen molar-refractivity contribution in [2.24, 2.45) is 0 Å². The molecule has 0 aliphatic heterocycles. The summed E-state index contributed by atoms with van der Waals surface area (Å²) < 4.78 is 53.2. The van der Waals surface area contributed by atoms with Crippen LogP contribution in [-0.2, 0) is 10.9 Å². The minimum atomic E-state index is -4.81. The molecule has 0 N–H and O–H groups in total. The van der Waals surface area contributed by atoms with Crippen LogP contribution in [-0.4, -0.2) is 44.5 Å². The highest BCUT2D eigenvalue weighted by Gasteiger charge is 2.41. The Morgan fingerprint density at radius 3 is 2.30 bits per heavy atom. The second-order valence-corrected chi connectivity index (χ2v) is 6.83. The van der Waals surface area contributed by atoms with Crippen molar-refractivity contribution < 1.29 is 27.4 Å². The van der Waals surface area contributed by atoms with Crippen molar-refractivity contribution >= 4 is 5.97 Å². The van der Waals surface area contributed by atoms with Crippen LogP contribution in [0.25, 0.3) is 22.6 Å². The van der Waals surface area contributed by atoms with Gasteiger partial charge in [-0.15, -0.1) is 5.10 Å². The van der Waals surface area contributed by atoms with Crippen LogP contribution >= 0.6 is 0 Å². The van der Waals surface area contributed by atoms with E-state index in [9.17, 15) is 18.0 Å². The first-order chi connectivity index (χ1) is 15.8. The van der Waals surface area contributed by atoms with Gasteiger partial charge in [-0.1, -0.05) is 17.3 Å². The molecule has 2 aromatic carbocycles. The molecule has 33 heavy (non-hydrogen) atoms. The Morgan fingerprint density at radius 1 is 1.03 bits per heavy atom. The number of halogens is 3. The molecule has 4 aromatic rings. The molecule has 0 aliphatic rings. The van der Waals surface area contributed by atoms with Gasteiger partial charge in [-0.2, -0.15) is 18.3 Å². The largest absolute Gasteiger partial charge is 0.497 e. The summed E-state index contributed by atoms with van der Waals surface area (Å²) >= 11 is 0. The smallest absolute Gasteiger partial charge is 0.434 e. The number of benzene rings is 2. The number of ether oxygens (including phenoxy) is 2. The molecule has 8 nitrogen and oxygen atoms in total. The Kier molecular flexibility index (Phi) is 5.86. The molecule has 0 radical (unpaired) electrons. The van der Waals surface area contributed by atoms with Gasteiger partial charge in [-0.3, -0.25) is 0 Å². The van der Waals surface area contributed by atoms with Gasteiger partial charge in [0.1, 0.15) is 17.0 Å². The predicted octanol–water partition coefficient (Wildman–Crippen LogP) is 4.32. The summed E-state index contributed by atoms with van der Waals surface area (Å²) in [5.74, 6) is -0.375. The van der Waals surface area contributed by atoms with E-state index in [0.717, 1.165) is 11.9 Å². The summed E-state index contributed by atoms with van der Waals surface area (Å²) in [6, 6.07) is 13.3. The molecule has 0 spiro atoms. The van der Waals surface area contributed by atoms with E-state index in [-0.39, 0.29) is 12.3 Å². The van der Waals surface area contributed by atoms with E-state index in [1.54, 1.807) is 42.3 Å². The normalized spacial score (nSPS) is 11.4. The number of hydrogen-bond donors (Lipinski definition) is 0. The van der Waals surface area contributed by atoms with E-state index in [4.69, 9.17) is 9.47 Å². The lowest BCUT2D eigenvalue weighted by atomic mass is 10.1. The molecule has 0 bridgehead atoms. The van der Waals surface area contributed by atoms with Crippen molar-refractivity contribution in [1.82, 2.24) is 24.8 Å². The first kappa shape index (κ1) is 22.1. The van der Waals surface area contributed by atoms with Crippen molar-refractivity contribution in [3.63, 3.8) is 0 Å².